The van der Waals surface area contributed by atoms with Crippen molar-refractivity contribution in [2.45, 2.75) is 196 Å². The number of hydrogen-bond acceptors (Lipinski definition) is 4. The third-order valence-corrected chi connectivity index (χ3v) is 16.5. The first-order valence-electron chi connectivity index (χ1n) is 23.5. The topological polar surface area (TPSA) is 46.6 Å². The molecule has 0 aromatic rings. The number of carbonyl (C=O) groups is 2. The average molecular weight is 736 g/mol. The summed E-state index contributed by atoms with van der Waals surface area (Å²) < 4.78 is 4.77. The number of allylic oxidation sites excluding steroid dienone is 2. The van der Waals surface area contributed by atoms with Gasteiger partial charge in [-0.1, -0.05) is 105 Å². The van der Waals surface area contributed by atoms with Crippen molar-refractivity contribution in [1.29, 1.82) is 0 Å². The number of Topliss-reactive ketones (excluding diaryl/α,β-unsaturated/α-hetero) is 1. The van der Waals surface area contributed by atoms with E-state index in [1.54, 1.807) is 0 Å². The second-order valence-electron chi connectivity index (χ2n) is 20.4. The number of methoxy groups -OCH3 is 1. The second kappa shape index (κ2) is 20.3. The van der Waals surface area contributed by atoms with E-state index in [-0.39, 0.29) is 5.97 Å². The molecule has 0 amide bonds. The molecule has 0 aromatic carbocycles. The normalized spacial score (nSPS) is 34.0. The summed E-state index contributed by atoms with van der Waals surface area (Å²) in [5, 5.41) is 0. The van der Waals surface area contributed by atoms with Gasteiger partial charge in [0.1, 0.15) is 5.78 Å². The highest BCUT2D eigenvalue weighted by Crippen LogP contribution is 2.68. The Morgan fingerprint density at radius 2 is 1.49 bits per heavy atom. The van der Waals surface area contributed by atoms with Crippen LogP contribution in [0.15, 0.2) is 11.6 Å². The van der Waals surface area contributed by atoms with Crippen LogP contribution in [0.2, 0.25) is 0 Å². The van der Waals surface area contributed by atoms with Crippen LogP contribution < -0.4 is 0 Å². The maximum absolute atomic E-state index is 13.4. The molecule has 0 aromatic heterocycles. The minimum Gasteiger partial charge on any atom is -0.469 e. The molecule has 0 spiro atoms. The van der Waals surface area contributed by atoms with E-state index in [4.69, 9.17) is 4.74 Å². The third kappa shape index (κ3) is 11.0. The molecule has 53 heavy (non-hydrogen) atoms. The standard InChI is InChI=1S/C49H85NO3/c1-8-9-15-31-50(32-16-11-10-14-22-47(52)53-7)33-17-12-13-21-46(51)42-35-41(42)38-27-29-48(5)39(34-38)23-24-40-44-26-25-43(37(4)20-18-19-36(2)3)49(44,6)30-28-45(40)48/h23,36-38,40-45H,8-22,24-35H2,1-7H3. The molecule has 0 bridgehead atoms. The lowest BCUT2D eigenvalue weighted by molar-refractivity contribution is -0.140. The number of carbonyl (C=O) groups excluding carboxylic acids is 2. The fourth-order valence-electron chi connectivity index (χ4n) is 13.2. The van der Waals surface area contributed by atoms with E-state index in [0.29, 0.717) is 34.9 Å². The Balaban J connectivity index is 1.02. The zero-order chi connectivity index (χ0) is 38.0. The molecule has 10 atom stereocenters. The molecule has 4 saturated carbocycles. The molecule has 4 nitrogen and oxygen atoms in total. The van der Waals surface area contributed by atoms with Gasteiger partial charge in [0.25, 0.3) is 0 Å². The highest BCUT2D eigenvalue weighted by molar-refractivity contribution is 5.83. The van der Waals surface area contributed by atoms with Gasteiger partial charge in [0.05, 0.1) is 7.11 Å². The first kappa shape index (κ1) is 43.0. The van der Waals surface area contributed by atoms with E-state index >= 15 is 0 Å². The van der Waals surface area contributed by atoms with Crippen LogP contribution in [0.4, 0.5) is 0 Å². The molecular weight excluding hydrogens is 651 g/mol. The molecular formula is C49H85NO3. The SMILES string of the molecule is CCCCCN(CCCCCCC(=O)OC)CCCCCC(=O)C1CC1C1CCC2(C)C(=CCC3C2CCC2(C)C(C(C)CCCC(C)C)CCC32)C1. The van der Waals surface area contributed by atoms with Crippen molar-refractivity contribution in [3.63, 3.8) is 0 Å². The maximum Gasteiger partial charge on any atom is 0.305 e. The molecule has 4 fully saturated rings. The molecule has 4 heteroatoms. The third-order valence-electron chi connectivity index (χ3n) is 16.5. The van der Waals surface area contributed by atoms with Gasteiger partial charge >= 0.3 is 5.97 Å². The van der Waals surface area contributed by atoms with Crippen LogP contribution in [0.1, 0.15) is 196 Å². The highest BCUT2D eigenvalue weighted by Gasteiger charge is 2.60. The number of unbranched alkanes of at least 4 members (excludes halogenated alkanes) is 7. The van der Waals surface area contributed by atoms with Gasteiger partial charge in [0.2, 0.25) is 0 Å². The smallest absolute Gasteiger partial charge is 0.305 e. The van der Waals surface area contributed by atoms with Crippen molar-refractivity contribution in [2.24, 2.45) is 64.1 Å². The first-order chi connectivity index (χ1) is 25.5. The summed E-state index contributed by atoms with van der Waals surface area (Å²) in [5.74, 6) is 7.73. The number of nitrogens with zero attached hydrogens (tertiary/aromatic N) is 1. The lowest BCUT2D eigenvalue weighted by atomic mass is 9.46. The lowest BCUT2D eigenvalue weighted by Gasteiger charge is -2.58. The molecule has 0 N–H and O–H groups in total. The first-order valence-corrected chi connectivity index (χ1v) is 23.5. The van der Waals surface area contributed by atoms with E-state index in [1.165, 1.54) is 149 Å². The number of rotatable bonds is 24. The molecule has 5 rings (SSSR count). The van der Waals surface area contributed by atoms with E-state index in [0.717, 1.165) is 67.1 Å². The lowest BCUT2D eigenvalue weighted by Crippen LogP contribution is -2.50. The largest absolute Gasteiger partial charge is 0.469 e. The van der Waals surface area contributed by atoms with Crippen molar-refractivity contribution in [3.8, 4) is 0 Å². The van der Waals surface area contributed by atoms with Crippen LogP contribution in [-0.4, -0.2) is 43.4 Å². The van der Waals surface area contributed by atoms with Crippen LogP contribution in [0.3, 0.4) is 0 Å². The van der Waals surface area contributed by atoms with Gasteiger partial charge in [-0.15, -0.1) is 0 Å². The number of esters is 1. The van der Waals surface area contributed by atoms with Gasteiger partial charge in [-0.3, -0.25) is 9.59 Å². The zero-order valence-corrected chi connectivity index (χ0v) is 36.0. The quantitative estimate of drug-likeness (QED) is 0.0562. The van der Waals surface area contributed by atoms with Crippen molar-refractivity contribution in [1.82, 2.24) is 4.90 Å². The number of fused-ring (bicyclic) bond motifs is 5. The summed E-state index contributed by atoms with van der Waals surface area (Å²) in [4.78, 5) is 27.4. The maximum atomic E-state index is 13.4. The molecule has 0 saturated heterocycles. The molecule has 304 valence electrons. The van der Waals surface area contributed by atoms with Gasteiger partial charge in [-0.2, -0.15) is 0 Å². The molecule has 0 heterocycles. The van der Waals surface area contributed by atoms with Crippen LogP contribution in [0, 0.1) is 64.1 Å². The van der Waals surface area contributed by atoms with Gasteiger partial charge in [-0.25, -0.2) is 0 Å². The van der Waals surface area contributed by atoms with Gasteiger partial charge < -0.3 is 9.64 Å². The number of hydrogen-bond donors (Lipinski definition) is 0. The van der Waals surface area contributed by atoms with E-state index in [2.05, 4.69) is 52.5 Å². The highest BCUT2D eigenvalue weighted by atomic mass is 16.5. The predicted octanol–water partition coefficient (Wildman–Crippen LogP) is 13.0. The van der Waals surface area contributed by atoms with Crippen LogP contribution in [0.25, 0.3) is 0 Å². The Morgan fingerprint density at radius 3 is 2.21 bits per heavy atom. The molecule has 0 aliphatic heterocycles. The molecule has 5 aliphatic carbocycles. The summed E-state index contributed by atoms with van der Waals surface area (Å²) in [5.41, 5.74) is 2.81. The predicted molar refractivity (Wildman–Crippen MR) is 223 cm³/mol. The Morgan fingerprint density at radius 1 is 0.792 bits per heavy atom. The van der Waals surface area contributed by atoms with Crippen LogP contribution >= 0.6 is 0 Å². The van der Waals surface area contributed by atoms with E-state index in [9.17, 15) is 9.59 Å². The second-order valence-corrected chi connectivity index (χ2v) is 20.4. The average Bonchev–Trinajstić information content (AvgIpc) is 3.86. The van der Waals surface area contributed by atoms with Crippen LogP contribution in [-0.2, 0) is 14.3 Å². The van der Waals surface area contributed by atoms with Gasteiger partial charge in [-0.05, 0) is 168 Å². The van der Waals surface area contributed by atoms with Crippen molar-refractivity contribution in [3.05, 3.63) is 11.6 Å². The zero-order valence-electron chi connectivity index (χ0n) is 36.0. The minimum atomic E-state index is -0.0838. The Hall–Kier alpha value is -1.16. The van der Waals surface area contributed by atoms with E-state index in [1.807, 2.05) is 5.57 Å². The van der Waals surface area contributed by atoms with Crippen molar-refractivity contribution in [2.75, 3.05) is 26.7 Å². The molecule has 10 unspecified atom stereocenters. The Kier molecular flexibility index (Phi) is 16.5. The summed E-state index contributed by atoms with van der Waals surface area (Å²) in [7, 11) is 1.48. The fraction of sp³-hybridized carbons (Fsp3) is 0.918. The molecule has 5 aliphatic rings. The summed E-state index contributed by atoms with van der Waals surface area (Å²) in [6.07, 6.45) is 32.7. The van der Waals surface area contributed by atoms with Crippen molar-refractivity contribution < 1.29 is 14.3 Å². The Labute approximate surface area is 328 Å². The van der Waals surface area contributed by atoms with E-state index < -0.39 is 0 Å². The summed E-state index contributed by atoms with van der Waals surface area (Å²) >= 11 is 0. The molecule has 0 radical (unpaired) electrons. The minimum absolute atomic E-state index is 0.0838. The van der Waals surface area contributed by atoms with Crippen LogP contribution in [0.5, 0.6) is 0 Å². The summed E-state index contributed by atoms with van der Waals surface area (Å²) in [6.45, 7) is 18.6. The van der Waals surface area contributed by atoms with Gasteiger partial charge in [0, 0.05) is 18.8 Å². The Bertz CT molecular complexity index is 1180. The fourth-order valence-corrected chi connectivity index (χ4v) is 13.2. The number of ether oxygens (including phenoxy) is 1. The van der Waals surface area contributed by atoms with Gasteiger partial charge in [0.15, 0.2) is 0 Å². The van der Waals surface area contributed by atoms with Crippen molar-refractivity contribution >= 4 is 11.8 Å². The monoisotopic (exact) mass is 736 g/mol. The summed E-state index contributed by atoms with van der Waals surface area (Å²) in [6, 6.07) is 0. The number of ketones is 1.